The first-order valence-corrected chi connectivity index (χ1v) is 5.75. The number of nitrogens with zero attached hydrogens (tertiary/aromatic N) is 1. The second-order valence-corrected chi connectivity index (χ2v) is 4.62. The van der Waals surface area contributed by atoms with Gasteiger partial charge in [0.05, 0.1) is 9.50 Å². The fourth-order valence-corrected chi connectivity index (χ4v) is 2.13. The number of halogens is 3. The molecule has 0 bridgehead atoms. The van der Waals surface area contributed by atoms with Gasteiger partial charge in [0, 0.05) is 18.8 Å². The smallest absolute Gasteiger partial charge is 0.140 e. The molecule has 1 heterocycles. The van der Waals surface area contributed by atoms with Crippen LogP contribution in [0.15, 0.2) is 16.6 Å². The van der Waals surface area contributed by atoms with E-state index in [1.807, 2.05) is 0 Å². The summed E-state index contributed by atoms with van der Waals surface area (Å²) >= 11 is 8.98. The second kappa shape index (κ2) is 4.07. The van der Waals surface area contributed by atoms with E-state index in [-0.39, 0.29) is 5.82 Å². The lowest BCUT2D eigenvalue weighted by Crippen LogP contribution is -2.17. The Labute approximate surface area is 96.0 Å². The summed E-state index contributed by atoms with van der Waals surface area (Å²) in [6.45, 7) is 1.99. The number of hydrogen-bond donors (Lipinski definition) is 0. The van der Waals surface area contributed by atoms with Crippen molar-refractivity contribution in [2.45, 2.75) is 12.8 Å². The highest BCUT2D eigenvalue weighted by Gasteiger charge is 2.15. The Morgan fingerprint density at radius 1 is 1.29 bits per heavy atom. The predicted octanol–water partition coefficient (Wildman–Crippen LogP) is 3.84. The molecule has 1 nitrogen and oxygen atoms in total. The van der Waals surface area contributed by atoms with Crippen molar-refractivity contribution in [1.29, 1.82) is 0 Å². The molecule has 0 aromatic heterocycles. The summed E-state index contributed by atoms with van der Waals surface area (Å²) in [6, 6.07) is 3.33. The highest BCUT2D eigenvalue weighted by Crippen LogP contribution is 2.31. The van der Waals surface area contributed by atoms with E-state index in [0.717, 1.165) is 18.8 Å². The Bertz CT molecular complexity index is 327. The zero-order valence-corrected chi connectivity index (χ0v) is 9.91. The first-order valence-electron chi connectivity index (χ1n) is 4.58. The molecule has 1 fully saturated rings. The standard InChI is InChI=1S/C10H10BrClFN/c11-10-8(12)5-7(6-9(10)13)14-3-1-2-4-14/h5-6H,1-4H2. The van der Waals surface area contributed by atoms with Gasteiger partial charge in [-0.1, -0.05) is 11.6 Å². The van der Waals surface area contributed by atoms with Crippen molar-refractivity contribution in [2.75, 3.05) is 18.0 Å². The normalized spacial score (nSPS) is 16.4. The maximum absolute atomic E-state index is 13.3. The van der Waals surface area contributed by atoms with Crippen LogP contribution in [0.2, 0.25) is 5.02 Å². The van der Waals surface area contributed by atoms with Gasteiger partial charge >= 0.3 is 0 Å². The van der Waals surface area contributed by atoms with Gasteiger partial charge < -0.3 is 4.90 Å². The van der Waals surface area contributed by atoms with Gasteiger partial charge in [-0.3, -0.25) is 0 Å². The van der Waals surface area contributed by atoms with Crippen molar-refractivity contribution < 1.29 is 4.39 Å². The van der Waals surface area contributed by atoms with Crippen molar-refractivity contribution in [2.24, 2.45) is 0 Å². The Morgan fingerprint density at radius 3 is 2.50 bits per heavy atom. The van der Waals surface area contributed by atoms with E-state index in [4.69, 9.17) is 11.6 Å². The lowest BCUT2D eigenvalue weighted by molar-refractivity contribution is 0.620. The van der Waals surface area contributed by atoms with Gasteiger partial charge in [-0.25, -0.2) is 4.39 Å². The van der Waals surface area contributed by atoms with Gasteiger partial charge in [0.25, 0.3) is 0 Å². The summed E-state index contributed by atoms with van der Waals surface area (Å²) in [7, 11) is 0. The van der Waals surface area contributed by atoms with E-state index >= 15 is 0 Å². The molecule has 2 rings (SSSR count). The third-order valence-electron chi connectivity index (χ3n) is 2.44. The van der Waals surface area contributed by atoms with E-state index in [0.29, 0.717) is 9.50 Å². The quantitative estimate of drug-likeness (QED) is 0.706. The fraction of sp³-hybridized carbons (Fsp3) is 0.400. The molecular weight excluding hydrogens is 268 g/mol. The zero-order valence-electron chi connectivity index (χ0n) is 7.56. The SMILES string of the molecule is Fc1cc(N2CCCC2)cc(Cl)c1Br. The van der Waals surface area contributed by atoms with Crippen LogP contribution in [0.4, 0.5) is 10.1 Å². The minimum atomic E-state index is -0.292. The van der Waals surface area contributed by atoms with Crippen LogP contribution in [-0.2, 0) is 0 Å². The molecule has 4 heteroatoms. The van der Waals surface area contributed by atoms with E-state index in [2.05, 4.69) is 20.8 Å². The summed E-state index contributed by atoms with van der Waals surface area (Å²) in [6.07, 6.45) is 2.35. The average Bonchev–Trinajstić information content (AvgIpc) is 2.66. The van der Waals surface area contributed by atoms with Crippen LogP contribution >= 0.6 is 27.5 Å². The second-order valence-electron chi connectivity index (χ2n) is 3.42. The molecule has 1 aliphatic heterocycles. The van der Waals surface area contributed by atoms with Crippen molar-refractivity contribution in [3.8, 4) is 0 Å². The molecule has 0 N–H and O–H groups in total. The first kappa shape index (κ1) is 10.2. The molecule has 1 saturated heterocycles. The first-order chi connectivity index (χ1) is 6.68. The maximum atomic E-state index is 13.3. The highest BCUT2D eigenvalue weighted by atomic mass is 79.9. The third kappa shape index (κ3) is 1.89. The average molecular weight is 279 g/mol. The van der Waals surface area contributed by atoms with Crippen molar-refractivity contribution in [1.82, 2.24) is 0 Å². The lowest BCUT2D eigenvalue weighted by Gasteiger charge is -2.18. The summed E-state index contributed by atoms with van der Waals surface area (Å²) < 4.78 is 13.7. The van der Waals surface area contributed by atoms with Gasteiger partial charge in [0.1, 0.15) is 5.82 Å². The highest BCUT2D eigenvalue weighted by molar-refractivity contribution is 9.10. The van der Waals surface area contributed by atoms with Crippen LogP contribution < -0.4 is 4.90 Å². The molecule has 0 radical (unpaired) electrons. The van der Waals surface area contributed by atoms with Gasteiger partial charge in [0.15, 0.2) is 0 Å². The Morgan fingerprint density at radius 2 is 1.93 bits per heavy atom. The lowest BCUT2D eigenvalue weighted by atomic mass is 10.3. The maximum Gasteiger partial charge on any atom is 0.140 e. The molecule has 0 unspecified atom stereocenters. The van der Waals surface area contributed by atoms with Crippen LogP contribution in [0.1, 0.15) is 12.8 Å². The van der Waals surface area contributed by atoms with E-state index in [9.17, 15) is 4.39 Å². The molecule has 0 amide bonds. The van der Waals surface area contributed by atoms with Gasteiger partial charge in [-0.15, -0.1) is 0 Å². The largest absolute Gasteiger partial charge is 0.371 e. The van der Waals surface area contributed by atoms with Gasteiger partial charge in [-0.2, -0.15) is 0 Å². The molecule has 1 aromatic rings. The van der Waals surface area contributed by atoms with Crippen LogP contribution in [-0.4, -0.2) is 13.1 Å². The van der Waals surface area contributed by atoms with E-state index in [1.165, 1.54) is 18.9 Å². The number of anilines is 1. The van der Waals surface area contributed by atoms with Crippen LogP contribution in [0.5, 0.6) is 0 Å². The topological polar surface area (TPSA) is 3.24 Å². The Balaban J connectivity index is 2.34. The Kier molecular flexibility index (Phi) is 2.98. The van der Waals surface area contributed by atoms with Crippen LogP contribution in [0.25, 0.3) is 0 Å². The molecule has 76 valence electrons. The molecule has 0 aliphatic carbocycles. The summed E-state index contributed by atoms with van der Waals surface area (Å²) in [5.74, 6) is -0.292. The molecule has 1 aromatic carbocycles. The monoisotopic (exact) mass is 277 g/mol. The number of rotatable bonds is 1. The summed E-state index contributed by atoms with van der Waals surface area (Å²) in [5.41, 5.74) is 0.883. The van der Waals surface area contributed by atoms with Gasteiger partial charge in [-0.05, 0) is 40.9 Å². The number of hydrogen-bond acceptors (Lipinski definition) is 1. The molecule has 1 aliphatic rings. The molecule has 14 heavy (non-hydrogen) atoms. The zero-order chi connectivity index (χ0) is 10.1. The predicted molar refractivity (Wildman–Crippen MR) is 60.6 cm³/mol. The van der Waals surface area contributed by atoms with Gasteiger partial charge in [0.2, 0.25) is 0 Å². The fourth-order valence-electron chi connectivity index (χ4n) is 1.70. The van der Waals surface area contributed by atoms with Crippen LogP contribution in [0, 0.1) is 5.82 Å². The summed E-state index contributed by atoms with van der Waals surface area (Å²) in [4.78, 5) is 2.15. The van der Waals surface area contributed by atoms with Crippen LogP contribution in [0.3, 0.4) is 0 Å². The minimum absolute atomic E-state index is 0.292. The van der Waals surface area contributed by atoms with E-state index < -0.39 is 0 Å². The molecule has 0 spiro atoms. The summed E-state index contributed by atoms with van der Waals surface area (Å²) in [5, 5.41) is 0.437. The molecule has 0 saturated carbocycles. The Hall–Kier alpha value is -0.280. The molecular formula is C10H10BrClFN. The minimum Gasteiger partial charge on any atom is -0.371 e. The van der Waals surface area contributed by atoms with Crippen molar-refractivity contribution in [3.63, 3.8) is 0 Å². The van der Waals surface area contributed by atoms with Crippen molar-refractivity contribution >= 4 is 33.2 Å². The van der Waals surface area contributed by atoms with E-state index in [1.54, 1.807) is 6.07 Å². The third-order valence-corrected chi connectivity index (χ3v) is 3.77. The molecule has 0 atom stereocenters. The van der Waals surface area contributed by atoms with Crippen molar-refractivity contribution in [3.05, 3.63) is 27.4 Å². The number of benzene rings is 1.